The molecule has 0 saturated carbocycles. The lowest BCUT2D eigenvalue weighted by Crippen LogP contribution is -2.18. The van der Waals surface area contributed by atoms with Gasteiger partial charge in [-0.15, -0.1) is 0 Å². The Hall–Kier alpha value is -10.2. The van der Waals surface area contributed by atoms with Crippen molar-refractivity contribution in [3.63, 3.8) is 0 Å². The van der Waals surface area contributed by atoms with E-state index < -0.39 is 5.41 Å². The van der Waals surface area contributed by atoms with Gasteiger partial charge in [0.1, 0.15) is 11.2 Å². The Morgan fingerprint density at radius 1 is 0.310 bits per heavy atom. The van der Waals surface area contributed by atoms with Crippen molar-refractivity contribution in [1.82, 2.24) is 0 Å². The average Bonchev–Trinajstić information content (AvgIpc) is 1.54. The number of hydrogen-bond acceptors (Lipinski definition) is 4. The van der Waals surface area contributed by atoms with E-state index in [1.165, 1.54) is 33.4 Å². The molecule has 0 unspecified atom stereocenters. The Morgan fingerprint density at radius 2 is 0.644 bits per heavy atom. The van der Waals surface area contributed by atoms with E-state index in [0.717, 1.165) is 123 Å². The van der Waals surface area contributed by atoms with Gasteiger partial charge in [-0.3, -0.25) is 0 Å². The number of benzene rings is 12. The molecule has 422 valence electrons. The molecule has 0 atom stereocenters. The van der Waals surface area contributed by atoms with Crippen LogP contribution in [0.3, 0.4) is 0 Å². The Labute approximate surface area is 510 Å². The molecule has 0 spiro atoms. The Balaban J connectivity index is 1.04. The van der Waals surface area contributed by atoms with Crippen LogP contribution in [0.4, 0.5) is 34.1 Å². The lowest BCUT2D eigenvalue weighted by Gasteiger charge is -2.31. The molecule has 0 N–H and O–H groups in total. The second kappa shape index (κ2) is 20.5. The van der Waals surface area contributed by atoms with Gasteiger partial charge in [0.15, 0.2) is 11.2 Å². The molecule has 0 bridgehead atoms. The summed E-state index contributed by atoms with van der Waals surface area (Å²) in [4.78, 5) is 4.93. The third-order valence-electron chi connectivity index (χ3n) is 18.2. The van der Waals surface area contributed by atoms with E-state index in [0.29, 0.717) is 0 Å². The molecule has 4 heteroatoms. The summed E-state index contributed by atoms with van der Waals surface area (Å²) in [6.07, 6.45) is 0. The molecule has 0 fully saturated rings. The maximum Gasteiger partial charge on any atom is 0.160 e. The first-order valence-electron chi connectivity index (χ1n) is 30.5. The van der Waals surface area contributed by atoms with Crippen molar-refractivity contribution in [3.8, 4) is 55.6 Å². The number of nitrogens with zero attached hydrogens (tertiary/aromatic N) is 2. The van der Waals surface area contributed by atoms with Crippen molar-refractivity contribution in [1.29, 1.82) is 0 Å². The predicted octanol–water partition coefficient (Wildman–Crippen LogP) is 24.0. The predicted molar refractivity (Wildman–Crippen MR) is 367 cm³/mol. The standard InChI is InChI=1S/C83H68N2O2/c1-81(2,3)59-39-43-61(44-40-59)84(69-47-37-57(53-25-13-9-14-26-53)49-65(69)55-29-17-11-18-30-55)71-51-67-77(75-63-33-21-23-35-73(63)86-79(71)75)78-68(83(67,7)8)52-72(80-76(78)64-34-22-24-36-74(64)87-80)85(62-45-41-60(42-46-62)82(4,5)6)70-48-38-58(54-27-15-10-16-28-54)50-66(70)56-31-19-12-20-32-56/h9-52H,1-8H3. The maximum absolute atomic E-state index is 7.45. The number of rotatable bonds is 10. The quantitative estimate of drug-likeness (QED) is 0.137. The molecule has 87 heavy (non-hydrogen) atoms. The molecule has 15 rings (SSSR count). The van der Waals surface area contributed by atoms with E-state index in [9.17, 15) is 0 Å². The molecular weight excluding hydrogens is 1060 g/mol. The van der Waals surface area contributed by atoms with Gasteiger partial charge in [0.25, 0.3) is 0 Å². The first-order chi connectivity index (χ1) is 42.2. The second-order valence-electron chi connectivity index (χ2n) is 26.1. The molecule has 0 aliphatic heterocycles. The fourth-order valence-electron chi connectivity index (χ4n) is 13.6. The van der Waals surface area contributed by atoms with E-state index in [1.54, 1.807) is 0 Å². The molecule has 0 amide bonds. The monoisotopic (exact) mass is 1120 g/mol. The molecule has 2 aromatic heterocycles. The zero-order valence-electron chi connectivity index (χ0n) is 50.6. The highest BCUT2D eigenvalue weighted by Crippen LogP contribution is 2.62. The van der Waals surface area contributed by atoms with Crippen LogP contribution in [-0.4, -0.2) is 0 Å². The number of furan rings is 2. The Morgan fingerprint density at radius 3 is 1.00 bits per heavy atom. The van der Waals surface area contributed by atoms with Crippen molar-refractivity contribution < 1.29 is 8.83 Å². The van der Waals surface area contributed by atoms with E-state index in [-0.39, 0.29) is 10.8 Å². The number of anilines is 6. The minimum atomic E-state index is -0.560. The van der Waals surface area contributed by atoms with Crippen molar-refractivity contribution >= 4 is 78.0 Å². The van der Waals surface area contributed by atoms with Gasteiger partial charge in [-0.1, -0.05) is 250 Å². The van der Waals surface area contributed by atoms with Crippen molar-refractivity contribution in [2.75, 3.05) is 9.80 Å². The van der Waals surface area contributed by atoms with Crippen LogP contribution in [0.1, 0.15) is 77.6 Å². The third-order valence-corrected chi connectivity index (χ3v) is 18.2. The normalized spacial score (nSPS) is 12.9. The van der Waals surface area contributed by atoms with Gasteiger partial charge in [0.05, 0.1) is 22.7 Å². The van der Waals surface area contributed by atoms with Crippen LogP contribution < -0.4 is 9.80 Å². The summed E-state index contributed by atoms with van der Waals surface area (Å²) < 4.78 is 14.9. The number of fused-ring (bicyclic) bond motifs is 11. The fourth-order valence-corrected chi connectivity index (χ4v) is 13.6. The van der Waals surface area contributed by atoms with Gasteiger partial charge in [0.2, 0.25) is 0 Å². The molecular formula is C83H68N2O2. The largest absolute Gasteiger partial charge is 0.454 e. The smallest absolute Gasteiger partial charge is 0.160 e. The van der Waals surface area contributed by atoms with Crippen molar-refractivity contribution in [3.05, 3.63) is 289 Å². The highest BCUT2D eigenvalue weighted by atomic mass is 16.3. The summed E-state index contributed by atoms with van der Waals surface area (Å²) in [5.74, 6) is 0. The van der Waals surface area contributed by atoms with E-state index >= 15 is 0 Å². The van der Waals surface area contributed by atoms with Crippen LogP contribution in [0.5, 0.6) is 0 Å². The third kappa shape index (κ3) is 9.04. The number of hydrogen-bond donors (Lipinski definition) is 0. The zero-order valence-corrected chi connectivity index (χ0v) is 50.6. The van der Waals surface area contributed by atoms with E-state index in [1.807, 2.05) is 0 Å². The van der Waals surface area contributed by atoms with Gasteiger partial charge in [-0.05, 0) is 150 Å². The van der Waals surface area contributed by atoms with E-state index in [4.69, 9.17) is 8.83 Å². The van der Waals surface area contributed by atoms with Gasteiger partial charge >= 0.3 is 0 Å². The summed E-state index contributed by atoms with van der Waals surface area (Å²) in [5.41, 5.74) is 25.2. The van der Waals surface area contributed by atoms with Gasteiger partial charge in [0, 0.05) is 49.5 Å². The molecule has 14 aromatic rings. The lowest BCUT2D eigenvalue weighted by molar-refractivity contribution is 0.590. The van der Waals surface area contributed by atoms with Crippen LogP contribution in [0.2, 0.25) is 0 Å². The highest BCUT2D eigenvalue weighted by molar-refractivity contribution is 6.26. The Kier molecular flexibility index (Phi) is 12.6. The minimum Gasteiger partial charge on any atom is -0.454 e. The summed E-state index contributed by atoms with van der Waals surface area (Å²) in [6, 6.07) is 97.6. The first kappa shape index (κ1) is 53.6. The second-order valence-corrected chi connectivity index (χ2v) is 26.1. The first-order valence-corrected chi connectivity index (χ1v) is 30.5. The fraction of sp³-hybridized carbons (Fsp3) is 0.133. The van der Waals surface area contributed by atoms with Gasteiger partial charge in [-0.2, -0.15) is 0 Å². The molecule has 12 aromatic carbocycles. The average molecular weight is 1130 g/mol. The number of para-hydroxylation sites is 2. The molecule has 0 saturated heterocycles. The van der Waals surface area contributed by atoms with Crippen LogP contribution in [0, 0.1) is 0 Å². The lowest BCUT2D eigenvalue weighted by atomic mass is 9.81. The van der Waals surface area contributed by atoms with Gasteiger partial charge in [-0.25, -0.2) is 0 Å². The van der Waals surface area contributed by atoms with Crippen LogP contribution in [0.15, 0.2) is 276 Å². The summed E-state index contributed by atoms with van der Waals surface area (Å²) in [6.45, 7) is 18.5. The van der Waals surface area contributed by atoms with Crippen molar-refractivity contribution in [2.45, 2.75) is 71.6 Å². The summed E-state index contributed by atoms with van der Waals surface area (Å²) in [7, 11) is 0. The van der Waals surface area contributed by atoms with Crippen LogP contribution in [0.25, 0.3) is 99.5 Å². The molecule has 1 aliphatic rings. The molecule has 1 aliphatic carbocycles. The summed E-state index contributed by atoms with van der Waals surface area (Å²) in [5, 5.41) is 4.30. The maximum atomic E-state index is 7.45. The van der Waals surface area contributed by atoms with Crippen LogP contribution >= 0.6 is 0 Å². The van der Waals surface area contributed by atoms with Gasteiger partial charge < -0.3 is 18.6 Å². The van der Waals surface area contributed by atoms with Crippen molar-refractivity contribution in [2.24, 2.45) is 0 Å². The SMILES string of the molecule is CC(C)(C)c1ccc(N(c2ccc(-c3ccccc3)cc2-c2ccccc2)c2cc3c(c4c2oc2ccccc24)-c2c(cc(N(c4ccc(C(C)(C)C)cc4)c4ccc(-c5ccccc5)cc4-c4ccccc4)c4oc5ccccc5c24)C3(C)C)cc1. The molecule has 2 heterocycles. The molecule has 4 nitrogen and oxygen atoms in total. The molecule has 0 radical (unpaired) electrons. The summed E-state index contributed by atoms with van der Waals surface area (Å²) >= 11 is 0. The van der Waals surface area contributed by atoms with Crippen LogP contribution in [-0.2, 0) is 16.2 Å². The highest BCUT2D eigenvalue weighted by Gasteiger charge is 2.43. The topological polar surface area (TPSA) is 32.8 Å². The zero-order chi connectivity index (χ0) is 59.3. The minimum absolute atomic E-state index is 0.0487. The van der Waals surface area contributed by atoms with E-state index in [2.05, 4.69) is 332 Å². The Bertz CT molecular complexity index is 4610.